The van der Waals surface area contributed by atoms with Gasteiger partial charge in [0, 0.05) is 49.3 Å². The summed E-state index contributed by atoms with van der Waals surface area (Å²) in [6.45, 7) is 9.62. The van der Waals surface area contributed by atoms with E-state index in [4.69, 9.17) is 0 Å². The Morgan fingerprint density at radius 1 is 0.917 bits per heavy atom. The summed E-state index contributed by atoms with van der Waals surface area (Å²) in [6, 6.07) is 1.92. The highest BCUT2D eigenvalue weighted by molar-refractivity contribution is 5.55. The normalized spacial score (nSPS) is 15.3. The Morgan fingerprint density at radius 2 is 1.67 bits per heavy atom. The van der Waals surface area contributed by atoms with E-state index in [0.29, 0.717) is 5.78 Å². The summed E-state index contributed by atoms with van der Waals surface area (Å²) in [5, 5.41) is 4.35. The quantitative estimate of drug-likeness (QED) is 0.700. The second-order valence-corrected chi connectivity index (χ2v) is 6.09. The van der Waals surface area contributed by atoms with E-state index in [1.54, 1.807) is 6.33 Å². The lowest BCUT2D eigenvalue weighted by atomic mass is 10.2. The Balaban J connectivity index is 1.60. The van der Waals surface area contributed by atoms with Crippen LogP contribution in [0.15, 0.2) is 18.6 Å². The molecule has 8 nitrogen and oxygen atoms in total. The fourth-order valence-corrected chi connectivity index (χ4v) is 3.09. The number of fused-ring (bicyclic) bond motifs is 1. The Bertz CT molecular complexity index is 879. The number of aryl methyl sites for hydroxylation is 2. The van der Waals surface area contributed by atoms with Gasteiger partial charge in [-0.2, -0.15) is 14.6 Å². The molecular formula is C16H20N8. The molecule has 124 valence electrons. The van der Waals surface area contributed by atoms with E-state index < -0.39 is 0 Å². The lowest BCUT2D eigenvalue weighted by Crippen LogP contribution is -2.48. The first-order valence-corrected chi connectivity index (χ1v) is 8.10. The lowest BCUT2D eigenvalue weighted by Gasteiger charge is -2.36. The first-order valence-electron chi connectivity index (χ1n) is 8.10. The van der Waals surface area contributed by atoms with E-state index in [1.165, 1.54) is 0 Å². The molecule has 3 aromatic heterocycles. The van der Waals surface area contributed by atoms with Gasteiger partial charge in [-0.05, 0) is 26.8 Å². The predicted molar refractivity (Wildman–Crippen MR) is 91.5 cm³/mol. The second kappa shape index (κ2) is 5.70. The van der Waals surface area contributed by atoms with Crippen molar-refractivity contribution in [3.05, 3.63) is 35.5 Å². The molecule has 3 aromatic rings. The SMILES string of the molecule is Cc1ccnc(N2CCN(c3c(C)c(C)nc4ncnn34)CC2)n1. The molecule has 0 bridgehead atoms. The number of hydrogen-bond acceptors (Lipinski definition) is 7. The molecule has 8 heteroatoms. The minimum absolute atomic E-state index is 0.651. The maximum absolute atomic E-state index is 4.53. The van der Waals surface area contributed by atoms with E-state index in [-0.39, 0.29) is 0 Å². The molecule has 0 aliphatic carbocycles. The maximum Gasteiger partial charge on any atom is 0.254 e. The van der Waals surface area contributed by atoms with Crippen molar-refractivity contribution in [3.63, 3.8) is 0 Å². The van der Waals surface area contributed by atoms with Crippen LogP contribution in [0.5, 0.6) is 0 Å². The van der Waals surface area contributed by atoms with Gasteiger partial charge in [0.1, 0.15) is 12.1 Å². The van der Waals surface area contributed by atoms with Crippen molar-refractivity contribution in [2.24, 2.45) is 0 Å². The van der Waals surface area contributed by atoms with Gasteiger partial charge in [-0.25, -0.2) is 15.0 Å². The topological polar surface area (TPSA) is 75.3 Å². The van der Waals surface area contributed by atoms with E-state index in [2.05, 4.69) is 41.8 Å². The zero-order valence-electron chi connectivity index (χ0n) is 14.1. The highest BCUT2D eigenvalue weighted by Gasteiger charge is 2.23. The minimum Gasteiger partial charge on any atom is -0.353 e. The van der Waals surface area contributed by atoms with Gasteiger partial charge in [-0.15, -0.1) is 0 Å². The summed E-state index contributed by atoms with van der Waals surface area (Å²) in [5.41, 5.74) is 3.13. The number of hydrogen-bond donors (Lipinski definition) is 0. The third-order valence-electron chi connectivity index (χ3n) is 4.52. The Morgan fingerprint density at radius 3 is 2.42 bits per heavy atom. The molecule has 24 heavy (non-hydrogen) atoms. The molecule has 0 amide bonds. The van der Waals surface area contributed by atoms with Crippen molar-refractivity contribution in [3.8, 4) is 0 Å². The average Bonchev–Trinajstić information content (AvgIpc) is 3.04. The van der Waals surface area contributed by atoms with Crippen LogP contribution in [0.1, 0.15) is 17.0 Å². The molecule has 4 rings (SSSR count). The fraction of sp³-hybridized carbons (Fsp3) is 0.438. The monoisotopic (exact) mass is 324 g/mol. The molecule has 1 saturated heterocycles. The van der Waals surface area contributed by atoms with Crippen LogP contribution < -0.4 is 9.80 Å². The summed E-state index contributed by atoms with van der Waals surface area (Å²) in [6.07, 6.45) is 3.38. The number of piperazine rings is 1. The van der Waals surface area contributed by atoms with Gasteiger partial charge in [-0.1, -0.05) is 0 Å². The molecule has 4 heterocycles. The summed E-state index contributed by atoms with van der Waals surface area (Å²) >= 11 is 0. The van der Waals surface area contributed by atoms with Crippen molar-refractivity contribution in [1.82, 2.24) is 29.5 Å². The standard InChI is InChI=1S/C16H20N8/c1-11-4-5-17-15(20-11)23-8-6-22(7-9-23)14-12(2)13(3)21-16-18-10-19-24(14)16/h4-5,10H,6-9H2,1-3H3. The van der Waals surface area contributed by atoms with Crippen molar-refractivity contribution in [1.29, 1.82) is 0 Å². The van der Waals surface area contributed by atoms with Gasteiger partial charge in [0.05, 0.1) is 0 Å². The fourth-order valence-electron chi connectivity index (χ4n) is 3.09. The highest BCUT2D eigenvalue weighted by Crippen LogP contribution is 2.24. The van der Waals surface area contributed by atoms with Gasteiger partial charge in [-0.3, -0.25) is 0 Å². The molecule has 0 atom stereocenters. The van der Waals surface area contributed by atoms with Crippen LogP contribution >= 0.6 is 0 Å². The number of aromatic nitrogens is 6. The third-order valence-corrected chi connectivity index (χ3v) is 4.52. The first-order chi connectivity index (χ1) is 11.6. The highest BCUT2D eigenvalue weighted by atomic mass is 15.4. The molecule has 1 fully saturated rings. The zero-order chi connectivity index (χ0) is 16.7. The summed E-state index contributed by atoms with van der Waals surface area (Å²) in [5.74, 6) is 2.54. The summed E-state index contributed by atoms with van der Waals surface area (Å²) in [7, 11) is 0. The van der Waals surface area contributed by atoms with E-state index in [9.17, 15) is 0 Å². The Kier molecular flexibility index (Phi) is 3.51. The third kappa shape index (κ3) is 2.44. The first kappa shape index (κ1) is 14.8. The molecule has 0 radical (unpaired) electrons. The minimum atomic E-state index is 0.651. The van der Waals surface area contributed by atoms with Gasteiger partial charge >= 0.3 is 0 Å². The van der Waals surface area contributed by atoms with Crippen LogP contribution in [-0.2, 0) is 0 Å². The van der Waals surface area contributed by atoms with Gasteiger partial charge in [0.2, 0.25) is 5.95 Å². The lowest BCUT2D eigenvalue weighted by molar-refractivity contribution is 0.624. The molecule has 1 aliphatic rings. The molecule has 0 saturated carbocycles. The van der Waals surface area contributed by atoms with Crippen molar-refractivity contribution in [2.75, 3.05) is 36.0 Å². The molecule has 0 spiro atoms. The van der Waals surface area contributed by atoms with E-state index >= 15 is 0 Å². The molecule has 0 N–H and O–H groups in total. The van der Waals surface area contributed by atoms with Crippen LogP contribution in [0.25, 0.3) is 5.78 Å². The van der Waals surface area contributed by atoms with Crippen LogP contribution in [0.3, 0.4) is 0 Å². The number of nitrogens with zero attached hydrogens (tertiary/aromatic N) is 8. The van der Waals surface area contributed by atoms with Gasteiger partial charge in [0.15, 0.2) is 0 Å². The van der Waals surface area contributed by atoms with Crippen LogP contribution in [-0.4, -0.2) is 55.7 Å². The number of rotatable bonds is 2. The zero-order valence-corrected chi connectivity index (χ0v) is 14.1. The smallest absolute Gasteiger partial charge is 0.254 e. The van der Waals surface area contributed by atoms with Crippen molar-refractivity contribution in [2.45, 2.75) is 20.8 Å². The predicted octanol–water partition coefficient (Wildman–Crippen LogP) is 1.17. The van der Waals surface area contributed by atoms with Gasteiger partial charge in [0.25, 0.3) is 5.78 Å². The molecule has 0 aromatic carbocycles. The summed E-state index contributed by atoms with van der Waals surface area (Å²) in [4.78, 5) is 22.2. The van der Waals surface area contributed by atoms with Gasteiger partial charge < -0.3 is 9.80 Å². The largest absolute Gasteiger partial charge is 0.353 e. The van der Waals surface area contributed by atoms with E-state index in [1.807, 2.05) is 30.6 Å². The van der Waals surface area contributed by atoms with Crippen molar-refractivity contribution < 1.29 is 0 Å². The Hall–Kier alpha value is -2.77. The number of anilines is 2. The second-order valence-electron chi connectivity index (χ2n) is 6.09. The van der Waals surface area contributed by atoms with Crippen LogP contribution in [0, 0.1) is 20.8 Å². The molecular weight excluding hydrogens is 304 g/mol. The van der Waals surface area contributed by atoms with Crippen LogP contribution in [0.4, 0.5) is 11.8 Å². The van der Waals surface area contributed by atoms with E-state index in [0.717, 1.165) is 54.9 Å². The van der Waals surface area contributed by atoms with Crippen molar-refractivity contribution >= 4 is 17.5 Å². The Labute approximate surface area is 140 Å². The molecule has 0 unspecified atom stereocenters. The van der Waals surface area contributed by atoms with Crippen LogP contribution in [0.2, 0.25) is 0 Å². The average molecular weight is 324 g/mol. The maximum atomic E-state index is 4.53. The summed E-state index contributed by atoms with van der Waals surface area (Å²) < 4.78 is 1.83. The molecule has 1 aliphatic heterocycles.